The molecule has 1 fully saturated rings. The number of hydrogen-bond donors (Lipinski definition) is 0. The van der Waals surface area contributed by atoms with Gasteiger partial charge in [0.15, 0.2) is 0 Å². The molecule has 0 aliphatic heterocycles. The molecule has 0 radical (unpaired) electrons. The molecule has 0 spiro atoms. The van der Waals surface area contributed by atoms with Gasteiger partial charge < -0.3 is 4.74 Å². The molecule has 1 aliphatic rings. The number of hydrogen-bond acceptors (Lipinski definition) is 3. The maximum absolute atomic E-state index is 11.3. The van der Waals surface area contributed by atoms with Crippen molar-refractivity contribution in [2.75, 3.05) is 19.7 Å². The first-order valence-electron chi connectivity index (χ1n) is 7.55. The Morgan fingerprint density at radius 3 is 2.67 bits per heavy atom. The van der Waals surface area contributed by atoms with E-state index in [0.717, 1.165) is 19.6 Å². The first kappa shape index (κ1) is 15.5. The van der Waals surface area contributed by atoms with Gasteiger partial charge in [-0.3, -0.25) is 4.90 Å². The van der Waals surface area contributed by atoms with Gasteiger partial charge in [-0.1, -0.05) is 48.1 Å². The predicted molar refractivity (Wildman–Crippen MR) is 84.8 cm³/mol. The van der Waals surface area contributed by atoms with E-state index in [2.05, 4.69) is 35.2 Å². The van der Waals surface area contributed by atoms with Gasteiger partial charge in [0, 0.05) is 25.7 Å². The summed E-state index contributed by atoms with van der Waals surface area (Å²) in [7, 11) is 0. The number of allylic oxidation sites excluding steroid dienone is 1. The number of esters is 1. The van der Waals surface area contributed by atoms with Crippen molar-refractivity contribution in [1.29, 1.82) is 0 Å². The maximum atomic E-state index is 11.3. The molecule has 1 aliphatic carbocycles. The summed E-state index contributed by atoms with van der Waals surface area (Å²) in [4.78, 5) is 13.6. The lowest BCUT2D eigenvalue weighted by Gasteiger charge is -2.19. The second kappa shape index (κ2) is 8.42. The Labute approximate surface area is 126 Å². The van der Waals surface area contributed by atoms with Gasteiger partial charge in [0.2, 0.25) is 0 Å². The minimum atomic E-state index is -0.266. The SMILES string of the molecule is CCOC(=O)/C=C\CN(CC=C1CC1)Cc1ccccc1. The lowest BCUT2D eigenvalue weighted by atomic mass is 10.2. The van der Waals surface area contributed by atoms with E-state index in [0.29, 0.717) is 6.61 Å². The quantitative estimate of drug-likeness (QED) is 0.417. The summed E-state index contributed by atoms with van der Waals surface area (Å²) in [6, 6.07) is 10.4. The van der Waals surface area contributed by atoms with Crippen LogP contribution in [0.4, 0.5) is 0 Å². The predicted octanol–water partition coefficient (Wildman–Crippen LogP) is 3.33. The Morgan fingerprint density at radius 1 is 1.24 bits per heavy atom. The van der Waals surface area contributed by atoms with E-state index in [1.54, 1.807) is 5.57 Å². The summed E-state index contributed by atoms with van der Waals surface area (Å²) in [6.45, 7) is 4.80. The van der Waals surface area contributed by atoms with Gasteiger partial charge in [-0.25, -0.2) is 4.79 Å². The van der Waals surface area contributed by atoms with Gasteiger partial charge in [0.05, 0.1) is 6.61 Å². The minimum Gasteiger partial charge on any atom is -0.463 e. The van der Waals surface area contributed by atoms with Crippen LogP contribution in [0.3, 0.4) is 0 Å². The molecule has 0 aromatic heterocycles. The summed E-state index contributed by atoms with van der Waals surface area (Å²) in [5, 5.41) is 0. The molecule has 1 saturated carbocycles. The average molecular weight is 285 g/mol. The summed E-state index contributed by atoms with van der Waals surface area (Å²) in [6.07, 6.45) is 8.20. The molecule has 0 amide bonds. The topological polar surface area (TPSA) is 29.5 Å². The van der Waals surface area contributed by atoms with Crippen LogP contribution < -0.4 is 0 Å². The van der Waals surface area contributed by atoms with Crippen molar-refractivity contribution in [3.8, 4) is 0 Å². The number of nitrogens with zero attached hydrogens (tertiary/aromatic N) is 1. The molecular formula is C18H23NO2. The first-order chi connectivity index (χ1) is 10.3. The van der Waals surface area contributed by atoms with Crippen molar-refractivity contribution < 1.29 is 9.53 Å². The Morgan fingerprint density at radius 2 is 2.00 bits per heavy atom. The highest BCUT2D eigenvalue weighted by molar-refractivity contribution is 5.81. The van der Waals surface area contributed by atoms with Crippen molar-refractivity contribution in [3.63, 3.8) is 0 Å². The van der Waals surface area contributed by atoms with E-state index in [4.69, 9.17) is 4.74 Å². The van der Waals surface area contributed by atoms with E-state index in [9.17, 15) is 4.79 Å². The third-order valence-corrected chi connectivity index (χ3v) is 3.33. The lowest BCUT2D eigenvalue weighted by Crippen LogP contribution is -2.23. The Kier molecular flexibility index (Phi) is 6.22. The standard InChI is InChI=1S/C18H23NO2/c1-2-21-18(20)9-6-13-19(14-12-16-10-11-16)15-17-7-4-3-5-8-17/h3-9,12H,2,10-11,13-15H2,1H3/b9-6-. The van der Waals surface area contributed by atoms with Crippen LogP contribution >= 0.6 is 0 Å². The van der Waals surface area contributed by atoms with Gasteiger partial charge in [0.1, 0.15) is 0 Å². The van der Waals surface area contributed by atoms with Crippen molar-refractivity contribution in [1.82, 2.24) is 4.90 Å². The molecule has 1 aromatic carbocycles. The molecule has 0 saturated heterocycles. The van der Waals surface area contributed by atoms with Crippen LogP contribution in [-0.2, 0) is 16.1 Å². The van der Waals surface area contributed by atoms with Gasteiger partial charge in [-0.05, 0) is 25.3 Å². The van der Waals surface area contributed by atoms with E-state index < -0.39 is 0 Å². The first-order valence-corrected chi connectivity index (χ1v) is 7.55. The zero-order chi connectivity index (χ0) is 14.9. The van der Waals surface area contributed by atoms with Gasteiger partial charge in [0.25, 0.3) is 0 Å². The van der Waals surface area contributed by atoms with Crippen LogP contribution in [0.15, 0.2) is 54.1 Å². The van der Waals surface area contributed by atoms with Crippen LogP contribution in [0.5, 0.6) is 0 Å². The Bertz CT molecular complexity index is 499. The van der Waals surface area contributed by atoms with E-state index in [1.807, 2.05) is 19.1 Å². The highest BCUT2D eigenvalue weighted by atomic mass is 16.5. The maximum Gasteiger partial charge on any atom is 0.330 e. The normalized spacial score (nSPS) is 13.7. The highest BCUT2D eigenvalue weighted by Gasteiger charge is 2.11. The minimum absolute atomic E-state index is 0.266. The molecule has 2 rings (SSSR count). The van der Waals surface area contributed by atoms with Crippen molar-refractivity contribution in [2.45, 2.75) is 26.3 Å². The average Bonchev–Trinajstić information content (AvgIpc) is 3.30. The summed E-state index contributed by atoms with van der Waals surface area (Å²) >= 11 is 0. The summed E-state index contributed by atoms with van der Waals surface area (Å²) < 4.78 is 4.89. The van der Waals surface area contributed by atoms with Crippen LogP contribution in [-0.4, -0.2) is 30.6 Å². The molecular weight excluding hydrogens is 262 g/mol. The molecule has 0 atom stereocenters. The summed E-state index contributed by atoms with van der Waals surface area (Å²) in [5.74, 6) is -0.266. The number of carbonyl (C=O) groups is 1. The Balaban J connectivity index is 1.88. The van der Waals surface area contributed by atoms with Crippen LogP contribution in [0.2, 0.25) is 0 Å². The zero-order valence-electron chi connectivity index (χ0n) is 12.6. The molecule has 21 heavy (non-hydrogen) atoms. The molecule has 112 valence electrons. The molecule has 0 N–H and O–H groups in total. The largest absolute Gasteiger partial charge is 0.463 e. The van der Waals surface area contributed by atoms with Crippen LogP contribution in [0, 0.1) is 0 Å². The molecule has 3 nitrogen and oxygen atoms in total. The van der Waals surface area contributed by atoms with E-state index in [-0.39, 0.29) is 5.97 Å². The number of benzene rings is 1. The second-order valence-electron chi connectivity index (χ2n) is 5.20. The van der Waals surface area contributed by atoms with Gasteiger partial charge in [-0.2, -0.15) is 0 Å². The zero-order valence-corrected chi connectivity index (χ0v) is 12.6. The second-order valence-corrected chi connectivity index (χ2v) is 5.20. The molecule has 0 unspecified atom stereocenters. The molecule has 0 heterocycles. The van der Waals surface area contributed by atoms with E-state index in [1.165, 1.54) is 24.5 Å². The smallest absolute Gasteiger partial charge is 0.330 e. The Hall–Kier alpha value is -1.87. The number of carbonyl (C=O) groups excluding carboxylic acids is 1. The van der Waals surface area contributed by atoms with Crippen LogP contribution in [0.25, 0.3) is 0 Å². The van der Waals surface area contributed by atoms with Crippen molar-refractivity contribution in [2.24, 2.45) is 0 Å². The van der Waals surface area contributed by atoms with Gasteiger partial charge >= 0.3 is 5.97 Å². The molecule has 0 bridgehead atoms. The fourth-order valence-corrected chi connectivity index (χ4v) is 2.07. The highest BCUT2D eigenvalue weighted by Crippen LogP contribution is 2.27. The fraction of sp³-hybridized carbons (Fsp3) is 0.389. The van der Waals surface area contributed by atoms with E-state index >= 15 is 0 Å². The third-order valence-electron chi connectivity index (χ3n) is 3.33. The molecule has 3 heteroatoms. The van der Waals surface area contributed by atoms with Gasteiger partial charge in [-0.15, -0.1) is 0 Å². The van der Waals surface area contributed by atoms with Crippen LogP contribution in [0.1, 0.15) is 25.3 Å². The molecule has 1 aromatic rings. The third kappa shape index (κ3) is 6.41. The van der Waals surface area contributed by atoms with Crippen molar-refractivity contribution in [3.05, 3.63) is 59.7 Å². The summed E-state index contributed by atoms with van der Waals surface area (Å²) in [5.41, 5.74) is 2.83. The monoisotopic (exact) mass is 285 g/mol. The van der Waals surface area contributed by atoms with Crippen molar-refractivity contribution >= 4 is 5.97 Å². The fourth-order valence-electron chi connectivity index (χ4n) is 2.07. The lowest BCUT2D eigenvalue weighted by molar-refractivity contribution is -0.137. The number of rotatable bonds is 8. The number of ether oxygens (including phenoxy) is 1.